The molecule has 3 N–H and O–H groups in total. The summed E-state index contributed by atoms with van der Waals surface area (Å²) < 4.78 is 38.3. The number of benzene rings is 2. The molecule has 0 aliphatic rings. The zero-order valence-corrected chi connectivity index (χ0v) is 13.6. The molecule has 3 rings (SSSR count). The number of aromatic nitrogens is 1. The third-order valence-electron chi connectivity index (χ3n) is 3.35. The third-order valence-corrected chi connectivity index (χ3v) is 4.00. The monoisotopic (exact) mass is 397 g/mol. The van der Waals surface area contributed by atoms with Gasteiger partial charge in [0, 0.05) is 32.9 Å². The van der Waals surface area contributed by atoms with E-state index in [0.717, 1.165) is 27.5 Å². The van der Waals surface area contributed by atoms with Gasteiger partial charge in [-0.3, -0.25) is 0 Å². The van der Waals surface area contributed by atoms with Crippen molar-refractivity contribution < 1.29 is 18.0 Å². The molecule has 0 atom stereocenters. The maximum absolute atomic E-state index is 12.5. The van der Waals surface area contributed by atoms with Crippen LogP contribution in [-0.2, 0) is 6.18 Å². The molecule has 2 aromatic carbocycles. The minimum atomic E-state index is -4.40. The van der Waals surface area contributed by atoms with Crippen molar-refractivity contribution in [3.8, 4) is 0 Å². The Bertz CT molecular complexity index is 888. The average molecular weight is 398 g/mol. The number of fused-ring (bicyclic) bond motifs is 1. The number of urea groups is 1. The van der Waals surface area contributed by atoms with Crippen molar-refractivity contribution in [3.63, 3.8) is 0 Å². The molecule has 0 aliphatic heterocycles. The van der Waals surface area contributed by atoms with Crippen molar-refractivity contribution in [2.75, 3.05) is 10.6 Å². The largest absolute Gasteiger partial charge is 0.416 e. The van der Waals surface area contributed by atoms with Crippen LogP contribution in [-0.4, -0.2) is 11.0 Å². The lowest BCUT2D eigenvalue weighted by molar-refractivity contribution is -0.137. The number of nitrogens with one attached hydrogen (secondary N) is 3. The molecule has 1 aromatic heterocycles. The van der Waals surface area contributed by atoms with Gasteiger partial charge in [-0.05, 0) is 42.5 Å². The molecule has 2 amide bonds. The van der Waals surface area contributed by atoms with Gasteiger partial charge in [0.2, 0.25) is 0 Å². The second kappa shape index (κ2) is 6.20. The number of carbonyl (C=O) groups is 1. The molecular weight excluding hydrogens is 387 g/mol. The van der Waals surface area contributed by atoms with Crippen LogP contribution in [0.2, 0.25) is 0 Å². The van der Waals surface area contributed by atoms with E-state index in [1.807, 2.05) is 6.07 Å². The van der Waals surface area contributed by atoms with Gasteiger partial charge in [-0.1, -0.05) is 15.9 Å². The fourth-order valence-corrected chi connectivity index (χ4v) is 2.82. The lowest BCUT2D eigenvalue weighted by atomic mass is 10.2. The number of H-pyrrole nitrogens is 1. The van der Waals surface area contributed by atoms with Crippen LogP contribution in [0.5, 0.6) is 0 Å². The first kappa shape index (κ1) is 16.4. The molecule has 0 radical (unpaired) electrons. The number of carbonyl (C=O) groups excluding carboxylic acids is 1. The summed E-state index contributed by atoms with van der Waals surface area (Å²) >= 11 is 3.41. The highest BCUT2D eigenvalue weighted by Gasteiger charge is 2.29. The number of aromatic amines is 1. The second-order valence-electron chi connectivity index (χ2n) is 5.05. The predicted molar refractivity (Wildman–Crippen MR) is 90.1 cm³/mol. The summed E-state index contributed by atoms with van der Waals surface area (Å²) in [5.74, 6) is 0. The number of alkyl halides is 3. The first-order chi connectivity index (χ1) is 11.3. The molecule has 8 heteroatoms. The van der Waals surface area contributed by atoms with E-state index in [1.165, 1.54) is 12.1 Å². The van der Waals surface area contributed by atoms with Gasteiger partial charge in [0.1, 0.15) is 0 Å². The summed E-state index contributed by atoms with van der Waals surface area (Å²) in [6.07, 6.45) is -2.62. The lowest BCUT2D eigenvalue weighted by Gasteiger charge is -2.10. The van der Waals surface area contributed by atoms with Crippen LogP contribution in [0.3, 0.4) is 0 Å². The highest BCUT2D eigenvalue weighted by molar-refractivity contribution is 9.10. The first-order valence-corrected chi connectivity index (χ1v) is 7.64. The van der Waals surface area contributed by atoms with Gasteiger partial charge in [-0.2, -0.15) is 13.2 Å². The molecule has 0 aliphatic carbocycles. The van der Waals surface area contributed by atoms with Gasteiger partial charge in [-0.15, -0.1) is 0 Å². The first-order valence-electron chi connectivity index (χ1n) is 6.85. The molecule has 0 saturated carbocycles. The Labute approximate surface area is 143 Å². The Balaban J connectivity index is 1.70. The summed E-state index contributed by atoms with van der Waals surface area (Å²) in [6.45, 7) is 0. The highest BCUT2D eigenvalue weighted by Crippen LogP contribution is 2.30. The topological polar surface area (TPSA) is 56.9 Å². The molecule has 0 bridgehead atoms. The zero-order valence-electron chi connectivity index (χ0n) is 12.0. The van der Waals surface area contributed by atoms with Crippen LogP contribution in [0.15, 0.2) is 53.1 Å². The summed E-state index contributed by atoms with van der Waals surface area (Å²) in [5, 5.41) is 6.10. The Morgan fingerprint density at radius 2 is 1.67 bits per heavy atom. The number of hydrogen-bond donors (Lipinski definition) is 3. The number of amides is 2. The number of rotatable bonds is 2. The highest BCUT2D eigenvalue weighted by atomic mass is 79.9. The van der Waals surface area contributed by atoms with Crippen LogP contribution in [0.4, 0.5) is 29.3 Å². The Kier molecular flexibility index (Phi) is 4.23. The molecule has 4 nitrogen and oxygen atoms in total. The molecular formula is C16H11BrF3N3O. The fourth-order valence-electron chi connectivity index (χ4n) is 2.23. The van der Waals surface area contributed by atoms with E-state index >= 15 is 0 Å². The van der Waals surface area contributed by atoms with Crippen molar-refractivity contribution in [2.24, 2.45) is 0 Å². The van der Waals surface area contributed by atoms with E-state index < -0.39 is 17.8 Å². The maximum Gasteiger partial charge on any atom is 0.416 e. The molecule has 124 valence electrons. The maximum atomic E-state index is 12.5. The summed E-state index contributed by atoms with van der Waals surface area (Å²) in [5.41, 5.74) is 0.880. The molecule has 0 saturated heterocycles. The standard InChI is InChI=1S/C16H11BrF3N3O/c17-13-7-11(8-14-12(13)5-6-21-14)23-15(24)22-10-3-1-9(2-4-10)16(18,19)20/h1-8,21H,(H2,22,23,24). The minimum absolute atomic E-state index is 0.264. The fraction of sp³-hybridized carbons (Fsp3) is 0.0625. The molecule has 24 heavy (non-hydrogen) atoms. The molecule has 0 spiro atoms. The van der Waals surface area contributed by atoms with E-state index in [0.29, 0.717) is 5.69 Å². The van der Waals surface area contributed by atoms with Crippen molar-refractivity contribution in [3.05, 3.63) is 58.7 Å². The van der Waals surface area contributed by atoms with Crippen LogP contribution in [0.1, 0.15) is 5.56 Å². The van der Waals surface area contributed by atoms with Gasteiger partial charge >= 0.3 is 12.2 Å². The van der Waals surface area contributed by atoms with Crippen molar-refractivity contribution in [1.29, 1.82) is 0 Å². The minimum Gasteiger partial charge on any atom is -0.361 e. The third kappa shape index (κ3) is 3.53. The molecule has 3 aromatic rings. The summed E-state index contributed by atoms with van der Waals surface area (Å²) in [6, 6.07) is 9.07. The van der Waals surface area contributed by atoms with Crippen molar-refractivity contribution in [2.45, 2.75) is 6.18 Å². The van der Waals surface area contributed by atoms with Gasteiger partial charge in [-0.25, -0.2) is 4.79 Å². The van der Waals surface area contributed by atoms with Gasteiger partial charge < -0.3 is 15.6 Å². The number of hydrogen-bond acceptors (Lipinski definition) is 1. The van der Waals surface area contributed by atoms with Crippen molar-refractivity contribution >= 4 is 44.2 Å². The smallest absolute Gasteiger partial charge is 0.361 e. The number of anilines is 2. The Morgan fingerprint density at radius 3 is 2.33 bits per heavy atom. The number of halogens is 4. The second-order valence-corrected chi connectivity index (χ2v) is 5.91. The molecule has 0 fully saturated rings. The zero-order chi connectivity index (χ0) is 17.3. The lowest BCUT2D eigenvalue weighted by Crippen LogP contribution is -2.19. The van der Waals surface area contributed by atoms with E-state index in [4.69, 9.17) is 0 Å². The SMILES string of the molecule is O=C(Nc1ccc(C(F)(F)F)cc1)Nc1cc(Br)c2cc[nH]c2c1. The van der Waals surface area contributed by atoms with Crippen LogP contribution >= 0.6 is 15.9 Å². The van der Waals surface area contributed by atoms with Crippen LogP contribution < -0.4 is 10.6 Å². The Morgan fingerprint density at radius 1 is 1.00 bits per heavy atom. The Hall–Kier alpha value is -2.48. The van der Waals surface area contributed by atoms with E-state index in [2.05, 4.69) is 31.5 Å². The van der Waals surface area contributed by atoms with Gasteiger partial charge in [0.15, 0.2) is 0 Å². The van der Waals surface area contributed by atoms with Gasteiger partial charge in [0.05, 0.1) is 5.56 Å². The van der Waals surface area contributed by atoms with E-state index in [-0.39, 0.29) is 5.69 Å². The molecule has 0 unspecified atom stereocenters. The van der Waals surface area contributed by atoms with Crippen molar-refractivity contribution in [1.82, 2.24) is 4.98 Å². The average Bonchev–Trinajstić information content (AvgIpc) is 2.95. The normalized spacial score (nSPS) is 11.5. The molecule has 1 heterocycles. The summed E-state index contributed by atoms with van der Waals surface area (Å²) in [4.78, 5) is 15.0. The van der Waals surface area contributed by atoms with Crippen LogP contribution in [0, 0.1) is 0 Å². The van der Waals surface area contributed by atoms with Crippen LogP contribution in [0.25, 0.3) is 10.9 Å². The van der Waals surface area contributed by atoms with E-state index in [9.17, 15) is 18.0 Å². The predicted octanol–water partition coefficient (Wildman–Crippen LogP) is 5.59. The summed E-state index contributed by atoms with van der Waals surface area (Å²) in [7, 11) is 0. The van der Waals surface area contributed by atoms with E-state index in [1.54, 1.807) is 18.3 Å². The quantitative estimate of drug-likeness (QED) is 0.518. The van der Waals surface area contributed by atoms with Gasteiger partial charge in [0.25, 0.3) is 0 Å².